The number of amides is 2. The zero-order valence-corrected chi connectivity index (χ0v) is 12.1. The van der Waals surface area contributed by atoms with E-state index >= 15 is 0 Å². The number of carbonyl (C=O) groups excluding carboxylic acids is 1. The lowest BCUT2D eigenvalue weighted by atomic mass is 10.3. The molecule has 0 unspecified atom stereocenters. The second-order valence-electron chi connectivity index (χ2n) is 4.63. The van der Waals surface area contributed by atoms with Crippen LogP contribution in [0.15, 0.2) is 24.4 Å². The zero-order chi connectivity index (χ0) is 14.6. The van der Waals surface area contributed by atoms with Crippen molar-refractivity contribution in [2.24, 2.45) is 0 Å². The summed E-state index contributed by atoms with van der Waals surface area (Å²) >= 11 is 0. The van der Waals surface area contributed by atoms with Crippen LogP contribution in [-0.2, 0) is 16.6 Å². The Bertz CT molecular complexity index is 553. The van der Waals surface area contributed by atoms with Crippen LogP contribution >= 0.6 is 0 Å². The molecule has 2 rings (SSSR count). The third kappa shape index (κ3) is 3.91. The minimum absolute atomic E-state index is 0.191. The fraction of sp³-hybridized carbons (Fsp3) is 0.500. The van der Waals surface area contributed by atoms with Crippen molar-refractivity contribution in [3.8, 4) is 0 Å². The van der Waals surface area contributed by atoms with E-state index in [0.29, 0.717) is 32.7 Å². The number of pyridine rings is 1. The third-order valence-corrected chi connectivity index (χ3v) is 4.44. The molecule has 0 spiro atoms. The average molecular weight is 298 g/mol. The lowest BCUT2D eigenvalue weighted by Gasteiger charge is -2.33. The van der Waals surface area contributed by atoms with Crippen LogP contribution in [0.25, 0.3) is 0 Å². The Balaban J connectivity index is 1.80. The number of aromatic nitrogens is 1. The maximum atomic E-state index is 11.9. The van der Waals surface area contributed by atoms with Crippen molar-refractivity contribution in [2.75, 3.05) is 32.4 Å². The van der Waals surface area contributed by atoms with Crippen LogP contribution in [0, 0.1) is 0 Å². The van der Waals surface area contributed by atoms with Crippen LogP contribution in [0.2, 0.25) is 0 Å². The molecule has 1 aromatic rings. The van der Waals surface area contributed by atoms with Gasteiger partial charge >= 0.3 is 6.03 Å². The van der Waals surface area contributed by atoms with Gasteiger partial charge in [0.2, 0.25) is 10.0 Å². The van der Waals surface area contributed by atoms with Crippen molar-refractivity contribution in [1.82, 2.24) is 19.5 Å². The first-order valence-electron chi connectivity index (χ1n) is 6.34. The van der Waals surface area contributed by atoms with Crippen molar-refractivity contribution in [3.63, 3.8) is 0 Å². The Hall–Kier alpha value is -1.67. The molecule has 0 radical (unpaired) electrons. The molecular weight excluding hydrogens is 280 g/mol. The lowest BCUT2D eigenvalue weighted by molar-refractivity contribution is 0.172. The SMILES string of the molecule is CS(=O)(=O)N1CCN(C(=O)NCc2ccccn2)CC1. The summed E-state index contributed by atoms with van der Waals surface area (Å²) < 4.78 is 24.1. The number of urea groups is 1. The highest BCUT2D eigenvalue weighted by Gasteiger charge is 2.25. The van der Waals surface area contributed by atoms with Crippen molar-refractivity contribution in [1.29, 1.82) is 0 Å². The highest BCUT2D eigenvalue weighted by Crippen LogP contribution is 2.06. The van der Waals surface area contributed by atoms with E-state index < -0.39 is 10.0 Å². The number of nitrogens with zero attached hydrogens (tertiary/aromatic N) is 3. The van der Waals surface area contributed by atoms with Gasteiger partial charge in [0.15, 0.2) is 0 Å². The van der Waals surface area contributed by atoms with Gasteiger partial charge < -0.3 is 10.2 Å². The van der Waals surface area contributed by atoms with Crippen LogP contribution in [0.5, 0.6) is 0 Å². The molecule has 0 aliphatic carbocycles. The van der Waals surface area contributed by atoms with Crippen molar-refractivity contribution in [2.45, 2.75) is 6.54 Å². The summed E-state index contributed by atoms with van der Waals surface area (Å²) in [4.78, 5) is 17.7. The third-order valence-electron chi connectivity index (χ3n) is 3.14. The molecule has 1 N–H and O–H groups in total. The van der Waals surface area contributed by atoms with Gasteiger partial charge in [-0.2, -0.15) is 4.31 Å². The van der Waals surface area contributed by atoms with Crippen molar-refractivity contribution < 1.29 is 13.2 Å². The molecule has 0 saturated carbocycles. The van der Waals surface area contributed by atoms with Gasteiger partial charge in [0, 0.05) is 32.4 Å². The van der Waals surface area contributed by atoms with Crippen molar-refractivity contribution in [3.05, 3.63) is 30.1 Å². The van der Waals surface area contributed by atoms with E-state index in [4.69, 9.17) is 0 Å². The lowest BCUT2D eigenvalue weighted by Crippen LogP contribution is -2.52. The molecule has 0 bridgehead atoms. The van der Waals surface area contributed by atoms with Crippen LogP contribution in [0.1, 0.15) is 5.69 Å². The van der Waals surface area contributed by atoms with Gasteiger partial charge in [-0.05, 0) is 12.1 Å². The fourth-order valence-electron chi connectivity index (χ4n) is 2.00. The second kappa shape index (κ2) is 6.19. The van der Waals surface area contributed by atoms with Crippen LogP contribution in [0.4, 0.5) is 4.79 Å². The minimum Gasteiger partial charge on any atom is -0.332 e. The van der Waals surface area contributed by atoms with E-state index in [1.54, 1.807) is 11.1 Å². The molecule has 110 valence electrons. The standard InChI is InChI=1S/C12H18N4O3S/c1-20(18,19)16-8-6-15(7-9-16)12(17)14-10-11-4-2-3-5-13-11/h2-5H,6-10H2,1H3,(H,14,17). The quantitative estimate of drug-likeness (QED) is 0.842. The van der Waals surface area contributed by atoms with Gasteiger partial charge in [-0.3, -0.25) is 4.98 Å². The number of carbonyl (C=O) groups is 1. The maximum absolute atomic E-state index is 11.9. The molecule has 1 aliphatic heterocycles. The van der Waals surface area contributed by atoms with E-state index in [-0.39, 0.29) is 6.03 Å². The topological polar surface area (TPSA) is 82.6 Å². The molecule has 1 aromatic heterocycles. The Morgan fingerprint density at radius 3 is 2.55 bits per heavy atom. The molecule has 1 fully saturated rings. The molecule has 2 heterocycles. The predicted molar refractivity (Wildman–Crippen MR) is 74.5 cm³/mol. The molecule has 8 heteroatoms. The predicted octanol–water partition coefficient (Wildman–Crippen LogP) is -0.132. The second-order valence-corrected chi connectivity index (χ2v) is 6.61. The van der Waals surface area contributed by atoms with Gasteiger partial charge in [0.1, 0.15) is 0 Å². The first-order valence-corrected chi connectivity index (χ1v) is 8.19. The number of piperazine rings is 1. The van der Waals surface area contributed by atoms with Crippen molar-refractivity contribution >= 4 is 16.1 Å². The molecule has 0 aromatic carbocycles. The van der Waals surface area contributed by atoms with E-state index in [2.05, 4.69) is 10.3 Å². The summed E-state index contributed by atoms with van der Waals surface area (Å²) in [6.07, 6.45) is 2.86. The molecule has 1 aliphatic rings. The first kappa shape index (κ1) is 14.7. The smallest absolute Gasteiger partial charge is 0.317 e. The monoisotopic (exact) mass is 298 g/mol. The number of hydrogen-bond donors (Lipinski definition) is 1. The summed E-state index contributed by atoms with van der Waals surface area (Å²) in [5, 5.41) is 2.78. The van der Waals surface area contributed by atoms with E-state index in [1.165, 1.54) is 10.6 Å². The van der Waals surface area contributed by atoms with Crippen LogP contribution < -0.4 is 5.32 Å². The summed E-state index contributed by atoms with van der Waals surface area (Å²) in [5.74, 6) is 0. The van der Waals surface area contributed by atoms with Crippen LogP contribution in [-0.4, -0.2) is 61.1 Å². The van der Waals surface area contributed by atoms with E-state index in [1.807, 2.05) is 18.2 Å². The highest BCUT2D eigenvalue weighted by molar-refractivity contribution is 7.88. The molecule has 1 saturated heterocycles. The van der Waals surface area contributed by atoms with E-state index in [0.717, 1.165) is 5.69 Å². The number of hydrogen-bond acceptors (Lipinski definition) is 4. The number of rotatable bonds is 3. The highest BCUT2D eigenvalue weighted by atomic mass is 32.2. The minimum atomic E-state index is -3.17. The molecular formula is C12H18N4O3S. The van der Waals surface area contributed by atoms with E-state index in [9.17, 15) is 13.2 Å². The van der Waals surface area contributed by atoms with Gasteiger partial charge in [-0.1, -0.05) is 6.07 Å². The fourth-order valence-corrected chi connectivity index (χ4v) is 2.83. The molecule has 20 heavy (non-hydrogen) atoms. The maximum Gasteiger partial charge on any atom is 0.317 e. The summed E-state index contributed by atoms with van der Waals surface area (Å²) in [6, 6.07) is 5.32. The largest absolute Gasteiger partial charge is 0.332 e. The Labute approximate surface area is 118 Å². The van der Waals surface area contributed by atoms with Gasteiger partial charge in [-0.15, -0.1) is 0 Å². The molecule has 0 atom stereocenters. The summed E-state index contributed by atoms with van der Waals surface area (Å²) in [5.41, 5.74) is 0.788. The molecule has 7 nitrogen and oxygen atoms in total. The summed E-state index contributed by atoms with van der Waals surface area (Å²) in [6.45, 7) is 1.86. The number of sulfonamides is 1. The zero-order valence-electron chi connectivity index (χ0n) is 11.3. The van der Waals surface area contributed by atoms with Gasteiger partial charge in [0.25, 0.3) is 0 Å². The average Bonchev–Trinajstić information content (AvgIpc) is 2.45. The Morgan fingerprint density at radius 2 is 2.00 bits per heavy atom. The normalized spacial score (nSPS) is 16.9. The van der Waals surface area contributed by atoms with Gasteiger partial charge in [-0.25, -0.2) is 13.2 Å². The number of nitrogens with one attached hydrogen (secondary N) is 1. The first-order chi connectivity index (χ1) is 9.47. The Morgan fingerprint density at radius 1 is 1.30 bits per heavy atom. The Kier molecular flexibility index (Phi) is 4.56. The van der Waals surface area contributed by atoms with Crippen LogP contribution in [0.3, 0.4) is 0 Å². The molecule has 2 amide bonds. The summed E-state index contributed by atoms with van der Waals surface area (Å²) in [7, 11) is -3.17. The van der Waals surface area contributed by atoms with Gasteiger partial charge in [0.05, 0.1) is 18.5 Å².